The molecule has 0 bridgehead atoms. The number of hydrogen-bond acceptors (Lipinski definition) is 6. The molecular weight excluding hydrogens is 438 g/mol. The number of anilines is 1. The summed E-state index contributed by atoms with van der Waals surface area (Å²) in [7, 11) is 3.37. The lowest BCUT2D eigenvalue weighted by Gasteiger charge is -2.27. The van der Waals surface area contributed by atoms with Crippen LogP contribution in [0.15, 0.2) is 52.3 Å². The van der Waals surface area contributed by atoms with Gasteiger partial charge in [-0.3, -0.25) is 14.5 Å². The Balaban J connectivity index is 1.39. The second-order valence-corrected chi connectivity index (χ2v) is 9.08. The van der Waals surface area contributed by atoms with Crippen LogP contribution in [0.4, 0.5) is 5.69 Å². The van der Waals surface area contributed by atoms with E-state index in [1.165, 1.54) is 11.8 Å². The highest BCUT2D eigenvalue weighted by atomic mass is 32.2. The molecule has 4 rings (SSSR count). The van der Waals surface area contributed by atoms with Crippen LogP contribution in [0.3, 0.4) is 0 Å². The molecule has 2 heterocycles. The number of nitrogens with zero attached hydrogens (tertiary/aromatic N) is 2. The van der Waals surface area contributed by atoms with E-state index in [1.54, 1.807) is 25.1 Å². The minimum absolute atomic E-state index is 0.0913. The number of methoxy groups -OCH3 is 1. The smallest absolute Gasteiger partial charge is 0.264 e. The van der Waals surface area contributed by atoms with Crippen LogP contribution in [0, 0.1) is 0 Å². The van der Waals surface area contributed by atoms with Crippen LogP contribution < -0.4 is 15.0 Å². The molecule has 0 radical (unpaired) electrons. The van der Waals surface area contributed by atoms with Crippen LogP contribution in [0.5, 0.6) is 5.75 Å². The van der Waals surface area contributed by atoms with Crippen molar-refractivity contribution < 1.29 is 19.1 Å². The topological polar surface area (TPSA) is 71.1 Å². The van der Waals surface area contributed by atoms with Crippen molar-refractivity contribution in [2.45, 2.75) is 11.3 Å². The Morgan fingerprint density at radius 2 is 1.94 bits per heavy atom. The Morgan fingerprint density at radius 3 is 2.67 bits per heavy atom. The first-order valence-corrected chi connectivity index (χ1v) is 11.9. The van der Waals surface area contributed by atoms with Gasteiger partial charge in [-0.25, -0.2) is 0 Å². The van der Waals surface area contributed by atoms with Crippen molar-refractivity contribution >= 4 is 35.3 Å². The highest BCUT2D eigenvalue weighted by molar-refractivity contribution is 8.04. The number of rotatable bonds is 7. The van der Waals surface area contributed by atoms with Crippen LogP contribution in [0.2, 0.25) is 0 Å². The molecule has 7 nitrogen and oxygen atoms in total. The third-order valence-electron chi connectivity index (χ3n) is 5.77. The molecule has 33 heavy (non-hydrogen) atoms. The van der Waals surface area contributed by atoms with E-state index in [-0.39, 0.29) is 11.8 Å². The fraction of sp³-hybridized carbons (Fsp3) is 0.360. The first-order valence-electron chi connectivity index (χ1n) is 11.1. The van der Waals surface area contributed by atoms with Crippen molar-refractivity contribution in [3.63, 3.8) is 0 Å². The van der Waals surface area contributed by atoms with Crippen LogP contribution in [0.25, 0.3) is 6.08 Å². The van der Waals surface area contributed by atoms with Gasteiger partial charge in [-0.15, -0.1) is 0 Å². The number of likely N-dealkylation sites (N-methyl/N-ethyl adjacent to an activating group) is 1. The average molecular weight is 468 g/mol. The molecule has 0 aromatic heterocycles. The van der Waals surface area contributed by atoms with Crippen LogP contribution in [-0.2, 0) is 9.53 Å². The molecule has 2 aliphatic rings. The van der Waals surface area contributed by atoms with Crippen molar-refractivity contribution in [3.05, 3.63) is 58.5 Å². The van der Waals surface area contributed by atoms with Crippen molar-refractivity contribution in [1.82, 2.24) is 10.2 Å². The highest BCUT2D eigenvalue weighted by Crippen LogP contribution is 2.42. The normalized spacial score (nSPS) is 17.7. The standard InChI is InChI=1S/C25H29N3O4S/c1-27-21-17-19(24(29)26-10-3-11-28-12-14-32-15-13-28)6-9-22(21)33-23(25(27)30)16-18-4-7-20(31-2)8-5-18/h4-9,16-17H,3,10-15H2,1-2H3,(H,26,29). The average Bonchev–Trinajstić information content (AvgIpc) is 2.86. The number of hydrogen-bond donors (Lipinski definition) is 1. The molecule has 0 saturated carbocycles. The maximum atomic E-state index is 13.0. The third kappa shape index (κ3) is 5.76. The fourth-order valence-electron chi connectivity index (χ4n) is 3.82. The fourth-order valence-corrected chi connectivity index (χ4v) is 4.91. The second kappa shape index (κ2) is 10.9. The van der Waals surface area contributed by atoms with Crippen LogP contribution in [-0.4, -0.2) is 70.3 Å². The van der Waals surface area contributed by atoms with Gasteiger partial charge in [0.1, 0.15) is 5.75 Å². The predicted octanol–water partition coefficient (Wildman–Crippen LogP) is 3.26. The quantitative estimate of drug-likeness (QED) is 0.498. The molecule has 1 fully saturated rings. The molecule has 2 aromatic carbocycles. The predicted molar refractivity (Wildman–Crippen MR) is 131 cm³/mol. The van der Waals surface area contributed by atoms with Gasteiger partial charge in [0, 0.05) is 37.1 Å². The van der Waals surface area contributed by atoms with E-state index in [9.17, 15) is 9.59 Å². The summed E-state index contributed by atoms with van der Waals surface area (Å²) in [5.41, 5.74) is 2.23. The minimum Gasteiger partial charge on any atom is -0.497 e. The van der Waals surface area contributed by atoms with Gasteiger partial charge in [0.05, 0.1) is 30.9 Å². The summed E-state index contributed by atoms with van der Waals surface area (Å²) in [5, 5.41) is 2.99. The number of ether oxygens (including phenoxy) is 2. The largest absolute Gasteiger partial charge is 0.497 e. The van der Waals surface area contributed by atoms with Gasteiger partial charge in [0.25, 0.3) is 11.8 Å². The first-order chi connectivity index (χ1) is 16.0. The number of fused-ring (bicyclic) bond motifs is 1. The van der Waals surface area contributed by atoms with Crippen molar-refractivity contribution in [2.75, 3.05) is 58.5 Å². The van der Waals surface area contributed by atoms with Crippen molar-refractivity contribution in [3.8, 4) is 5.75 Å². The van der Waals surface area contributed by atoms with Gasteiger partial charge >= 0.3 is 0 Å². The van der Waals surface area contributed by atoms with Gasteiger partial charge < -0.3 is 19.7 Å². The second-order valence-electron chi connectivity index (χ2n) is 7.99. The van der Waals surface area contributed by atoms with Gasteiger partial charge in [-0.1, -0.05) is 23.9 Å². The SMILES string of the molecule is COc1ccc(C=C2Sc3ccc(C(=O)NCCCN4CCOCC4)cc3N(C)C2=O)cc1. The van der Waals surface area contributed by atoms with E-state index in [2.05, 4.69) is 10.2 Å². The number of amides is 2. The molecule has 0 atom stereocenters. The Hall–Kier alpha value is -2.81. The number of carbonyl (C=O) groups is 2. The summed E-state index contributed by atoms with van der Waals surface area (Å²) < 4.78 is 10.6. The molecule has 8 heteroatoms. The summed E-state index contributed by atoms with van der Waals surface area (Å²) in [4.78, 5) is 31.1. The van der Waals surface area contributed by atoms with Crippen molar-refractivity contribution in [1.29, 1.82) is 0 Å². The van der Waals surface area contributed by atoms with Gasteiger partial charge in [0.15, 0.2) is 0 Å². The molecule has 174 valence electrons. The number of morpholine rings is 1. The third-order valence-corrected chi connectivity index (χ3v) is 6.85. The molecule has 0 unspecified atom stereocenters. The lowest BCUT2D eigenvalue weighted by atomic mass is 10.1. The van der Waals surface area contributed by atoms with E-state index in [4.69, 9.17) is 9.47 Å². The lowest BCUT2D eigenvalue weighted by molar-refractivity contribution is -0.114. The summed E-state index contributed by atoms with van der Waals surface area (Å²) in [5.74, 6) is 0.561. The molecule has 1 saturated heterocycles. The number of thioether (sulfide) groups is 1. The molecule has 2 aromatic rings. The van der Waals surface area contributed by atoms with E-state index in [1.807, 2.05) is 42.5 Å². The summed E-state index contributed by atoms with van der Waals surface area (Å²) in [6.45, 7) is 5.03. The summed E-state index contributed by atoms with van der Waals surface area (Å²) in [6, 6.07) is 13.1. The molecule has 1 N–H and O–H groups in total. The van der Waals surface area contributed by atoms with E-state index < -0.39 is 0 Å². The maximum absolute atomic E-state index is 13.0. The van der Waals surface area contributed by atoms with E-state index in [0.29, 0.717) is 17.0 Å². The van der Waals surface area contributed by atoms with E-state index >= 15 is 0 Å². The molecule has 2 amide bonds. The zero-order chi connectivity index (χ0) is 23.2. The lowest BCUT2D eigenvalue weighted by Crippen LogP contribution is -2.38. The molecular formula is C25H29N3O4S. The van der Waals surface area contributed by atoms with Gasteiger partial charge in [0.2, 0.25) is 0 Å². The van der Waals surface area contributed by atoms with Crippen LogP contribution in [0.1, 0.15) is 22.3 Å². The van der Waals surface area contributed by atoms with Crippen molar-refractivity contribution in [2.24, 2.45) is 0 Å². The van der Waals surface area contributed by atoms with Crippen LogP contribution >= 0.6 is 11.8 Å². The first kappa shape index (κ1) is 23.4. The Bertz CT molecular complexity index is 1030. The number of benzene rings is 2. The Labute approximate surface area is 198 Å². The molecule has 2 aliphatic heterocycles. The highest BCUT2D eigenvalue weighted by Gasteiger charge is 2.27. The Kier molecular flexibility index (Phi) is 7.69. The molecule has 0 spiro atoms. The number of carbonyl (C=O) groups excluding carboxylic acids is 2. The van der Waals surface area contributed by atoms with Gasteiger partial charge in [-0.05, 0) is 54.9 Å². The zero-order valence-corrected chi connectivity index (χ0v) is 19.8. The van der Waals surface area contributed by atoms with E-state index in [0.717, 1.165) is 61.2 Å². The number of nitrogens with one attached hydrogen (secondary N) is 1. The van der Waals surface area contributed by atoms with Gasteiger partial charge in [-0.2, -0.15) is 0 Å². The molecule has 0 aliphatic carbocycles. The monoisotopic (exact) mass is 467 g/mol. The minimum atomic E-state index is -0.120. The summed E-state index contributed by atoms with van der Waals surface area (Å²) >= 11 is 1.42. The Morgan fingerprint density at radius 1 is 1.18 bits per heavy atom. The zero-order valence-electron chi connectivity index (χ0n) is 19.0. The summed E-state index contributed by atoms with van der Waals surface area (Å²) in [6.07, 6.45) is 2.77. The maximum Gasteiger partial charge on any atom is 0.264 e.